The quantitative estimate of drug-likeness (QED) is 0.0433. The van der Waals surface area contributed by atoms with Crippen LogP contribution in [0.2, 0.25) is 0 Å². The van der Waals surface area contributed by atoms with Gasteiger partial charge in [-0.3, -0.25) is 0 Å². The van der Waals surface area contributed by atoms with E-state index < -0.39 is 0 Å². The third-order valence-electron chi connectivity index (χ3n) is 11.9. The van der Waals surface area contributed by atoms with Gasteiger partial charge in [0.1, 0.15) is 0 Å². The summed E-state index contributed by atoms with van der Waals surface area (Å²) in [5, 5.41) is 0. The molecule has 0 spiro atoms. The van der Waals surface area contributed by atoms with E-state index in [-0.39, 0.29) is 13.5 Å². The summed E-state index contributed by atoms with van der Waals surface area (Å²) < 4.78 is 2.92. The summed E-state index contributed by atoms with van der Waals surface area (Å²) in [5.74, 6) is 0. The highest BCUT2D eigenvalue weighted by Gasteiger charge is 2.27. The summed E-state index contributed by atoms with van der Waals surface area (Å²) in [4.78, 5) is 0. The van der Waals surface area contributed by atoms with E-state index in [1.165, 1.54) is 267 Å². The van der Waals surface area contributed by atoms with Crippen molar-refractivity contribution in [2.75, 3.05) is 52.4 Å². The summed E-state index contributed by atoms with van der Waals surface area (Å²) in [6, 6.07) is 0. The van der Waals surface area contributed by atoms with E-state index in [9.17, 15) is 0 Å². The molecule has 0 N–H and O–H groups in total. The Labute approximate surface area is 334 Å². The molecule has 0 aromatic rings. The molecule has 51 heavy (non-hydrogen) atoms. The van der Waals surface area contributed by atoms with Gasteiger partial charge in [-0.15, -0.1) is 0 Å². The molecule has 0 aromatic carbocycles. The molecule has 2 nitrogen and oxygen atoms in total. The molecular weight excluding hydrogens is 637 g/mol. The zero-order chi connectivity index (χ0) is 37.3. The van der Waals surface area contributed by atoms with Gasteiger partial charge in [0.2, 0.25) is 0 Å². The monoisotopic (exact) mass is 741 g/mol. The minimum Gasteiger partial charge on any atom is -2.00 e. The lowest BCUT2D eigenvalue weighted by Gasteiger charge is -2.39. The third-order valence-corrected chi connectivity index (χ3v) is 11.9. The summed E-state index contributed by atoms with van der Waals surface area (Å²) in [6.45, 7) is 30.4. The van der Waals surface area contributed by atoms with Crippen LogP contribution in [0.25, 0.3) is 0 Å². The van der Waals surface area contributed by atoms with Crippen LogP contribution in [0, 0.1) is 0 Å². The van der Waals surface area contributed by atoms with Crippen molar-refractivity contribution in [3.8, 4) is 0 Å². The molecule has 0 fully saturated rings. The van der Waals surface area contributed by atoms with Crippen LogP contribution < -0.4 is 0 Å². The average molecular weight is 741 g/mol. The topological polar surface area (TPSA) is 0 Å². The Balaban J connectivity index is -0.000000886. The van der Waals surface area contributed by atoms with E-state index >= 15 is 0 Å². The molecule has 0 amide bonds. The lowest BCUT2D eigenvalue weighted by Crippen LogP contribution is -2.50. The zero-order valence-corrected chi connectivity index (χ0v) is 38.4. The first-order valence-corrected chi connectivity index (χ1v) is 24.2. The average Bonchev–Trinajstić information content (AvgIpc) is 3.13. The Morgan fingerprint density at radius 3 is 0.392 bits per heavy atom. The number of quaternary nitrogens is 2. The van der Waals surface area contributed by atoms with E-state index in [1.54, 1.807) is 0 Å². The molecule has 0 saturated carbocycles. The third kappa shape index (κ3) is 37.0. The van der Waals surface area contributed by atoms with Crippen molar-refractivity contribution < 1.29 is 8.97 Å². The van der Waals surface area contributed by atoms with Crippen LogP contribution in [-0.4, -0.2) is 61.3 Å². The molecular formula is C48H104N2S. The van der Waals surface area contributed by atoms with Crippen molar-refractivity contribution in [1.82, 2.24) is 0 Å². The van der Waals surface area contributed by atoms with Crippen molar-refractivity contribution >= 4 is 13.5 Å². The second kappa shape index (κ2) is 44.7. The number of unbranched alkanes of at least 4 members (excludes halogenated alkanes) is 24. The molecule has 0 bridgehead atoms. The second-order valence-corrected chi connectivity index (χ2v) is 17.0. The first-order valence-electron chi connectivity index (χ1n) is 24.2. The number of rotatable bonds is 40. The predicted molar refractivity (Wildman–Crippen MR) is 240 cm³/mol. The van der Waals surface area contributed by atoms with E-state index in [4.69, 9.17) is 0 Å². The van der Waals surface area contributed by atoms with Gasteiger partial charge in [0, 0.05) is 0 Å². The maximum atomic E-state index is 2.34. The van der Waals surface area contributed by atoms with Crippen molar-refractivity contribution in [3.63, 3.8) is 0 Å². The lowest BCUT2D eigenvalue weighted by atomic mass is 10.1. The molecule has 0 heterocycles. The van der Waals surface area contributed by atoms with Gasteiger partial charge >= 0.3 is 0 Å². The number of hydrogen-bond donors (Lipinski definition) is 0. The molecule has 0 atom stereocenters. The fourth-order valence-electron chi connectivity index (χ4n) is 8.33. The van der Waals surface area contributed by atoms with Gasteiger partial charge in [-0.05, 0) is 103 Å². The Hall–Kier alpha value is 0.270. The number of nitrogens with zero attached hydrogens (tertiary/aromatic N) is 2. The van der Waals surface area contributed by atoms with E-state index in [0.717, 1.165) is 0 Å². The Kier molecular flexibility index (Phi) is 48.7. The zero-order valence-electron chi connectivity index (χ0n) is 37.6. The van der Waals surface area contributed by atoms with Crippen molar-refractivity contribution in [2.45, 2.75) is 261 Å². The second-order valence-electron chi connectivity index (χ2n) is 17.0. The van der Waals surface area contributed by atoms with Gasteiger partial charge in [0.25, 0.3) is 0 Å². The largest absolute Gasteiger partial charge is 2.00 e. The minimum atomic E-state index is 0. The molecule has 0 rings (SSSR count). The van der Waals surface area contributed by atoms with Crippen molar-refractivity contribution in [1.29, 1.82) is 0 Å². The maximum Gasteiger partial charge on any atom is 0.0786 e. The van der Waals surface area contributed by atoms with E-state index in [2.05, 4.69) is 55.4 Å². The molecule has 0 unspecified atom stereocenters. The Morgan fingerprint density at radius 2 is 0.294 bits per heavy atom. The van der Waals surface area contributed by atoms with Crippen LogP contribution in [0.3, 0.4) is 0 Å². The normalized spacial score (nSPS) is 11.8. The lowest BCUT2D eigenvalue weighted by molar-refractivity contribution is -0.929. The highest BCUT2D eigenvalue weighted by atomic mass is 32.1. The van der Waals surface area contributed by atoms with Gasteiger partial charge in [0.05, 0.1) is 52.4 Å². The van der Waals surface area contributed by atoms with Gasteiger partial charge in [-0.1, -0.05) is 158 Å². The summed E-state index contributed by atoms with van der Waals surface area (Å²) in [6.07, 6.45) is 45.7. The highest BCUT2D eigenvalue weighted by Crippen LogP contribution is 2.21. The van der Waals surface area contributed by atoms with Crippen LogP contribution in [0.1, 0.15) is 261 Å². The van der Waals surface area contributed by atoms with Crippen molar-refractivity contribution in [3.05, 3.63) is 0 Å². The van der Waals surface area contributed by atoms with Gasteiger partial charge in [-0.2, -0.15) is 0 Å². The van der Waals surface area contributed by atoms with E-state index in [0.29, 0.717) is 0 Å². The smallest absolute Gasteiger partial charge is 0.0786 e. The van der Waals surface area contributed by atoms with E-state index in [1.807, 2.05) is 0 Å². The molecule has 0 saturated heterocycles. The molecule has 3 heteroatoms. The van der Waals surface area contributed by atoms with Crippen LogP contribution in [-0.2, 0) is 13.5 Å². The maximum absolute atomic E-state index is 2.34. The van der Waals surface area contributed by atoms with Gasteiger partial charge in [-0.25, -0.2) is 0 Å². The summed E-state index contributed by atoms with van der Waals surface area (Å²) >= 11 is 0. The molecule has 0 aliphatic heterocycles. The SMILES string of the molecule is CCCCCC[N+](CCCCCC)(CCCCCC)CCCCCC.CCCCCC[N+](CCCCCC)(CCCCCC)CCCCCC.[S-2]. The molecule has 0 aliphatic carbocycles. The summed E-state index contributed by atoms with van der Waals surface area (Å²) in [5.41, 5.74) is 0. The number of hydrogen-bond acceptors (Lipinski definition) is 0. The standard InChI is InChI=1S/2C24H52N.S/c2*1-5-9-13-17-21-25(22-18-14-10-6-2,23-19-15-11-7-3)24-20-16-12-8-4;/h2*5-24H2,1-4H3;/q2*+1;-2. The fraction of sp³-hybridized carbons (Fsp3) is 1.00. The van der Waals surface area contributed by atoms with Gasteiger partial charge < -0.3 is 22.5 Å². The Bertz CT molecular complexity index is 449. The van der Waals surface area contributed by atoms with Crippen LogP contribution in [0.15, 0.2) is 0 Å². The Morgan fingerprint density at radius 1 is 0.176 bits per heavy atom. The van der Waals surface area contributed by atoms with Crippen molar-refractivity contribution in [2.24, 2.45) is 0 Å². The molecule has 0 radical (unpaired) electrons. The first kappa shape index (κ1) is 55.6. The minimum absolute atomic E-state index is 0. The predicted octanol–water partition coefficient (Wildman–Crippen LogP) is 16.2. The van der Waals surface area contributed by atoms with Crippen LogP contribution >= 0.6 is 0 Å². The summed E-state index contributed by atoms with van der Waals surface area (Å²) in [7, 11) is 0. The molecule has 0 aliphatic rings. The fourth-order valence-corrected chi connectivity index (χ4v) is 8.33. The van der Waals surface area contributed by atoms with Crippen LogP contribution in [0.5, 0.6) is 0 Å². The van der Waals surface area contributed by atoms with Gasteiger partial charge in [0.15, 0.2) is 0 Å². The van der Waals surface area contributed by atoms with Crippen LogP contribution in [0.4, 0.5) is 0 Å². The molecule has 0 aromatic heterocycles. The first-order chi connectivity index (χ1) is 24.5. The molecule has 312 valence electrons. The highest BCUT2D eigenvalue weighted by molar-refractivity contribution is 7.37.